The van der Waals surface area contributed by atoms with E-state index in [2.05, 4.69) is 21.3 Å². The second-order valence-electron chi connectivity index (χ2n) is 0.738. The molecule has 3 nitrogen and oxygen atoms in total. The summed E-state index contributed by atoms with van der Waals surface area (Å²) in [5.74, 6) is 0. The van der Waals surface area contributed by atoms with E-state index in [4.69, 9.17) is 0 Å². The molecule has 1 radical (unpaired) electrons. The van der Waals surface area contributed by atoms with E-state index >= 15 is 0 Å². The van der Waals surface area contributed by atoms with Gasteiger partial charge in [0.1, 0.15) is 12.7 Å². The van der Waals surface area contributed by atoms with Gasteiger partial charge >= 0.3 is 0 Å². The molecule has 7 heavy (non-hydrogen) atoms. The van der Waals surface area contributed by atoms with E-state index in [1.807, 2.05) is 0 Å². The fourth-order valence-corrected chi connectivity index (χ4v) is 0.181. The zero-order valence-corrected chi connectivity index (χ0v) is 4.22. The summed E-state index contributed by atoms with van der Waals surface area (Å²) in [4.78, 5) is 10.4. The van der Waals surface area contributed by atoms with Gasteiger partial charge in [0.05, 0.1) is 0 Å². The summed E-state index contributed by atoms with van der Waals surface area (Å²) in [7, 11) is 0. The Morgan fingerprint density at radius 2 is 1.71 bits per heavy atom. The fourth-order valence-electron chi connectivity index (χ4n) is 0.181. The topological polar surface area (TPSA) is 38.7 Å². The first-order valence-corrected chi connectivity index (χ1v) is 1.48. The summed E-state index contributed by atoms with van der Waals surface area (Å²) in [5, 5.41) is 0. The quantitative estimate of drug-likeness (QED) is 0.482. The fraction of sp³-hybridized carbons (Fsp3) is 0. The molecule has 0 saturated heterocycles. The molecule has 0 N–H and O–H groups in total. The van der Waals surface area contributed by atoms with Crippen molar-refractivity contribution in [3.63, 3.8) is 0 Å². The predicted molar refractivity (Wildman–Crippen MR) is 25.9 cm³/mol. The first-order valence-electron chi connectivity index (χ1n) is 1.48. The van der Waals surface area contributed by atoms with Crippen molar-refractivity contribution in [2.75, 3.05) is 0 Å². The van der Waals surface area contributed by atoms with Gasteiger partial charge in [0, 0.05) is 0 Å². The molecule has 0 aromatic carbocycles. The average molecular weight is 117 g/mol. The molecule has 0 aliphatic rings. The molecular weight excluding hydrogens is 114 g/mol. The highest BCUT2D eigenvalue weighted by atomic mass is 35.5. The molecule has 0 unspecified atom stereocenters. The molecule has 1 aromatic heterocycles. The lowest BCUT2D eigenvalue weighted by molar-refractivity contribution is 1.03. The SMILES string of the molecule is Cl.[c]1ncncn1. The van der Waals surface area contributed by atoms with E-state index in [1.54, 1.807) is 0 Å². The first-order chi connectivity index (χ1) is 3.00. The molecule has 1 aromatic rings. The van der Waals surface area contributed by atoms with E-state index in [-0.39, 0.29) is 12.4 Å². The van der Waals surface area contributed by atoms with Crippen molar-refractivity contribution >= 4 is 12.4 Å². The van der Waals surface area contributed by atoms with Gasteiger partial charge in [-0.3, -0.25) is 0 Å². The highest BCUT2D eigenvalue weighted by Crippen LogP contribution is 1.56. The molecule has 1 heterocycles. The molecule has 0 bridgehead atoms. The molecule has 37 valence electrons. The second kappa shape index (κ2) is 3.49. The lowest BCUT2D eigenvalue weighted by Gasteiger charge is -1.68. The molecule has 0 amide bonds. The maximum Gasteiger partial charge on any atom is 0.200 e. The van der Waals surface area contributed by atoms with Crippen LogP contribution in [-0.2, 0) is 0 Å². The highest BCUT2D eigenvalue weighted by molar-refractivity contribution is 5.85. The lowest BCUT2D eigenvalue weighted by atomic mass is 11.1. The largest absolute Gasteiger partial charge is 0.225 e. The summed E-state index contributed by atoms with van der Waals surface area (Å²) in [6, 6.07) is 0. The van der Waals surface area contributed by atoms with Crippen molar-refractivity contribution in [3.8, 4) is 0 Å². The Kier molecular flexibility index (Phi) is 3.14. The number of halogens is 1. The number of hydrogen-bond donors (Lipinski definition) is 0. The normalized spacial score (nSPS) is 6.86. The van der Waals surface area contributed by atoms with Gasteiger partial charge in [-0.05, 0) is 0 Å². The van der Waals surface area contributed by atoms with E-state index in [0.29, 0.717) is 0 Å². The van der Waals surface area contributed by atoms with E-state index < -0.39 is 0 Å². The molecule has 0 spiro atoms. The minimum absolute atomic E-state index is 0. The van der Waals surface area contributed by atoms with Crippen LogP contribution < -0.4 is 0 Å². The van der Waals surface area contributed by atoms with Gasteiger partial charge < -0.3 is 0 Å². The van der Waals surface area contributed by atoms with Crippen LogP contribution in [0.4, 0.5) is 0 Å². The number of nitrogens with zero attached hydrogens (tertiary/aromatic N) is 3. The Morgan fingerprint density at radius 3 is 1.86 bits per heavy atom. The highest BCUT2D eigenvalue weighted by Gasteiger charge is 1.61. The summed E-state index contributed by atoms with van der Waals surface area (Å²) in [6.45, 7) is 0. The summed E-state index contributed by atoms with van der Waals surface area (Å²) >= 11 is 0. The van der Waals surface area contributed by atoms with Gasteiger partial charge in [-0.15, -0.1) is 12.4 Å². The van der Waals surface area contributed by atoms with Crippen LogP contribution in [-0.4, -0.2) is 15.0 Å². The van der Waals surface area contributed by atoms with Crippen molar-refractivity contribution in [2.24, 2.45) is 0 Å². The van der Waals surface area contributed by atoms with Crippen molar-refractivity contribution in [3.05, 3.63) is 19.0 Å². The maximum absolute atomic E-state index is 3.53. The maximum atomic E-state index is 3.53. The third-order valence-electron chi connectivity index (χ3n) is 0.364. The van der Waals surface area contributed by atoms with Crippen LogP contribution in [0.25, 0.3) is 0 Å². The second-order valence-corrected chi connectivity index (χ2v) is 0.738. The predicted octanol–water partition coefficient (Wildman–Crippen LogP) is 0.0936. The van der Waals surface area contributed by atoms with E-state index in [9.17, 15) is 0 Å². The molecule has 1 rings (SSSR count). The molecule has 0 saturated carbocycles. The Labute approximate surface area is 47.2 Å². The van der Waals surface area contributed by atoms with Crippen LogP contribution >= 0.6 is 12.4 Å². The van der Waals surface area contributed by atoms with Crippen molar-refractivity contribution < 1.29 is 0 Å². The number of hydrogen-bond acceptors (Lipinski definition) is 3. The molecular formula is C3H3ClN3. The third kappa shape index (κ3) is 2.05. The average Bonchev–Trinajstić information content (AvgIpc) is 1.72. The minimum atomic E-state index is 0. The van der Waals surface area contributed by atoms with Crippen molar-refractivity contribution in [1.82, 2.24) is 15.0 Å². The summed E-state index contributed by atoms with van der Waals surface area (Å²) in [5.41, 5.74) is 0. The van der Waals surface area contributed by atoms with Gasteiger partial charge in [-0.1, -0.05) is 0 Å². The van der Waals surface area contributed by atoms with Crippen LogP contribution in [0.2, 0.25) is 0 Å². The van der Waals surface area contributed by atoms with Gasteiger partial charge in [0.2, 0.25) is 6.33 Å². The number of aromatic nitrogens is 3. The Balaban J connectivity index is 0.000000360. The third-order valence-corrected chi connectivity index (χ3v) is 0.364. The lowest BCUT2D eigenvalue weighted by Crippen LogP contribution is -1.74. The Hall–Kier alpha value is -0.700. The van der Waals surface area contributed by atoms with Crippen LogP contribution in [0.15, 0.2) is 12.7 Å². The standard InChI is InChI=1S/C3H2N3.ClH/c1-4-2-6-3-5-1;/h1-2H;1H. The van der Waals surface area contributed by atoms with Gasteiger partial charge in [-0.25, -0.2) is 15.0 Å². The Bertz CT molecular complexity index is 82.1. The smallest absolute Gasteiger partial charge is 0.200 e. The number of rotatable bonds is 0. The van der Waals surface area contributed by atoms with E-state index in [0.717, 1.165) is 0 Å². The molecule has 4 heteroatoms. The zero-order chi connectivity index (χ0) is 4.24. The van der Waals surface area contributed by atoms with Crippen molar-refractivity contribution in [1.29, 1.82) is 0 Å². The monoisotopic (exact) mass is 116 g/mol. The summed E-state index contributed by atoms with van der Waals surface area (Å²) < 4.78 is 0. The summed E-state index contributed by atoms with van der Waals surface area (Å²) in [6.07, 6.45) is 5.09. The molecule has 0 atom stereocenters. The van der Waals surface area contributed by atoms with Gasteiger partial charge in [-0.2, -0.15) is 0 Å². The van der Waals surface area contributed by atoms with Crippen LogP contribution in [0.1, 0.15) is 0 Å². The van der Waals surface area contributed by atoms with Gasteiger partial charge in [0.15, 0.2) is 0 Å². The molecule has 0 aliphatic heterocycles. The Morgan fingerprint density at radius 1 is 1.14 bits per heavy atom. The first kappa shape index (κ1) is 6.30. The van der Waals surface area contributed by atoms with E-state index in [1.165, 1.54) is 12.7 Å². The van der Waals surface area contributed by atoms with Crippen LogP contribution in [0.3, 0.4) is 0 Å². The van der Waals surface area contributed by atoms with Crippen LogP contribution in [0, 0.1) is 6.33 Å². The molecule has 0 aliphatic carbocycles. The zero-order valence-electron chi connectivity index (χ0n) is 3.40. The van der Waals surface area contributed by atoms with Crippen molar-refractivity contribution in [2.45, 2.75) is 0 Å². The molecule has 0 fully saturated rings. The minimum Gasteiger partial charge on any atom is -0.225 e. The van der Waals surface area contributed by atoms with Gasteiger partial charge in [0.25, 0.3) is 0 Å². The van der Waals surface area contributed by atoms with Crippen LogP contribution in [0.5, 0.6) is 0 Å².